The number of hydrogen-bond donors (Lipinski definition) is 2. The van der Waals surface area contributed by atoms with Crippen molar-refractivity contribution in [3.63, 3.8) is 0 Å². The number of aromatic nitrogens is 2. The molecule has 0 atom stereocenters. The zero-order valence-electron chi connectivity index (χ0n) is 18.0. The van der Waals surface area contributed by atoms with Crippen LogP contribution in [-0.2, 0) is 21.1 Å². The number of nitrogens with zero attached hydrogens (tertiary/aromatic N) is 2. The Kier molecular flexibility index (Phi) is 7.78. The average molecular weight is 436 g/mol. The first-order valence-electron chi connectivity index (χ1n) is 9.82. The molecule has 3 N–H and O–H groups in total. The lowest BCUT2D eigenvalue weighted by molar-refractivity contribution is -0.137. The van der Waals surface area contributed by atoms with Gasteiger partial charge in [-0.25, -0.2) is 4.98 Å². The third-order valence-corrected chi connectivity index (χ3v) is 4.72. The SMILES string of the molecule is CCOCCC(=O)Nc1nc(C)c(/C=C/C(C)(C)c2ccc(C(F)(F)F)cc2)c(N)n1. The number of nitrogens with two attached hydrogens (primary N) is 1. The second-order valence-corrected chi connectivity index (χ2v) is 7.56. The van der Waals surface area contributed by atoms with Crippen LogP contribution in [0.4, 0.5) is 24.9 Å². The van der Waals surface area contributed by atoms with Crippen LogP contribution >= 0.6 is 0 Å². The van der Waals surface area contributed by atoms with Crippen LogP contribution < -0.4 is 11.1 Å². The van der Waals surface area contributed by atoms with Gasteiger partial charge < -0.3 is 10.5 Å². The molecule has 0 spiro atoms. The predicted molar refractivity (Wildman–Crippen MR) is 114 cm³/mol. The summed E-state index contributed by atoms with van der Waals surface area (Å²) in [5.41, 5.74) is 6.65. The zero-order chi connectivity index (χ0) is 23.2. The smallest absolute Gasteiger partial charge is 0.383 e. The minimum Gasteiger partial charge on any atom is -0.383 e. The monoisotopic (exact) mass is 436 g/mol. The average Bonchev–Trinajstić information content (AvgIpc) is 2.67. The summed E-state index contributed by atoms with van der Waals surface area (Å²) in [6.07, 6.45) is -0.623. The highest BCUT2D eigenvalue weighted by Crippen LogP contribution is 2.32. The fraction of sp³-hybridized carbons (Fsp3) is 0.409. The Morgan fingerprint density at radius 1 is 1.16 bits per heavy atom. The molecule has 9 heteroatoms. The predicted octanol–water partition coefficient (Wildman–Crippen LogP) is 4.74. The maximum Gasteiger partial charge on any atom is 0.416 e. The number of carbonyl (C=O) groups is 1. The largest absolute Gasteiger partial charge is 0.416 e. The lowest BCUT2D eigenvalue weighted by Crippen LogP contribution is -2.17. The van der Waals surface area contributed by atoms with Crippen LogP contribution in [0.3, 0.4) is 0 Å². The van der Waals surface area contributed by atoms with Gasteiger partial charge in [-0.05, 0) is 31.5 Å². The number of alkyl halides is 3. The second-order valence-electron chi connectivity index (χ2n) is 7.56. The first-order valence-corrected chi connectivity index (χ1v) is 9.82. The molecule has 0 aliphatic rings. The number of ether oxygens (including phenoxy) is 1. The van der Waals surface area contributed by atoms with Crippen LogP contribution in [0.1, 0.15) is 49.6 Å². The zero-order valence-corrected chi connectivity index (χ0v) is 18.0. The number of carbonyl (C=O) groups excluding carboxylic acids is 1. The molecule has 1 aromatic carbocycles. The maximum absolute atomic E-state index is 12.8. The van der Waals surface area contributed by atoms with Gasteiger partial charge in [0.25, 0.3) is 0 Å². The quantitative estimate of drug-likeness (QED) is 0.583. The number of amides is 1. The summed E-state index contributed by atoms with van der Waals surface area (Å²) in [6, 6.07) is 5.05. The molecule has 0 aliphatic heterocycles. The van der Waals surface area contributed by atoms with E-state index in [-0.39, 0.29) is 24.1 Å². The number of nitrogen functional groups attached to an aromatic ring is 1. The van der Waals surface area contributed by atoms with E-state index in [1.54, 1.807) is 13.0 Å². The molecule has 168 valence electrons. The highest BCUT2D eigenvalue weighted by Gasteiger charge is 2.30. The van der Waals surface area contributed by atoms with Crippen molar-refractivity contribution in [1.82, 2.24) is 9.97 Å². The van der Waals surface area contributed by atoms with Crippen molar-refractivity contribution in [2.45, 2.75) is 45.7 Å². The van der Waals surface area contributed by atoms with E-state index in [1.807, 2.05) is 26.8 Å². The number of nitrogens with one attached hydrogen (secondary N) is 1. The number of anilines is 2. The molecule has 0 saturated carbocycles. The molecule has 31 heavy (non-hydrogen) atoms. The minimum absolute atomic E-state index is 0.107. The number of hydrogen-bond acceptors (Lipinski definition) is 5. The Bertz CT molecular complexity index is 916. The molecule has 1 aromatic heterocycles. The van der Waals surface area contributed by atoms with Gasteiger partial charge in [0.15, 0.2) is 0 Å². The van der Waals surface area contributed by atoms with E-state index in [0.29, 0.717) is 30.0 Å². The van der Waals surface area contributed by atoms with Gasteiger partial charge in [0, 0.05) is 17.6 Å². The van der Waals surface area contributed by atoms with Gasteiger partial charge in [0.2, 0.25) is 11.9 Å². The Labute approximate surface area is 179 Å². The van der Waals surface area contributed by atoms with Crippen LogP contribution in [0.5, 0.6) is 0 Å². The summed E-state index contributed by atoms with van der Waals surface area (Å²) in [6.45, 7) is 8.17. The maximum atomic E-state index is 12.8. The number of rotatable bonds is 8. The van der Waals surface area contributed by atoms with Crippen LogP contribution in [0.2, 0.25) is 0 Å². The van der Waals surface area contributed by atoms with Crippen molar-refractivity contribution in [3.05, 3.63) is 52.7 Å². The first kappa shape index (κ1) is 24.3. The van der Waals surface area contributed by atoms with Gasteiger partial charge in [-0.15, -0.1) is 0 Å². The second kappa shape index (κ2) is 9.91. The van der Waals surface area contributed by atoms with Crippen molar-refractivity contribution >= 4 is 23.7 Å². The van der Waals surface area contributed by atoms with Crippen molar-refractivity contribution in [1.29, 1.82) is 0 Å². The Balaban J connectivity index is 2.16. The van der Waals surface area contributed by atoms with E-state index in [4.69, 9.17) is 10.5 Å². The molecular weight excluding hydrogens is 409 g/mol. The first-order chi connectivity index (χ1) is 14.4. The summed E-state index contributed by atoms with van der Waals surface area (Å²) >= 11 is 0. The van der Waals surface area contributed by atoms with Gasteiger partial charge in [-0.2, -0.15) is 18.2 Å². The van der Waals surface area contributed by atoms with Gasteiger partial charge in [-0.1, -0.05) is 38.1 Å². The molecule has 0 fully saturated rings. The van der Waals surface area contributed by atoms with Crippen LogP contribution in [0, 0.1) is 6.92 Å². The van der Waals surface area contributed by atoms with Crippen LogP contribution in [0.25, 0.3) is 6.08 Å². The van der Waals surface area contributed by atoms with E-state index in [2.05, 4.69) is 15.3 Å². The Morgan fingerprint density at radius 2 is 1.77 bits per heavy atom. The number of benzene rings is 1. The molecule has 0 aliphatic carbocycles. The molecule has 0 unspecified atom stereocenters. The van der Waals surface area contributed by atoms with E-state index in [9.17, 15) is 18.0 Å². The van der Waals surface area contributed by atoms with E-state index < -0.39 is 17.2 Å². The summed E-state index contributed by atoms with van der Waals surface area (Å²) in [7, 11) is 0. The minimum atomic E-state index is -4.37. The normalized spacial score (nSPS) is 12.4. The molecule has 6 nitrogen and oxygen atoms in total. The molecular formula is C22H27F3N4O2. The summed E-state index contributed by atoms with van der Waals surface area (Å²) in [4.78, 5) is 20.3. The van der Waals surface area contributed by atoms with Gasteiger partial charge in [-0.3, -0.25) is 10.1 Å². The molecule has 0 bridgehead atoms. The summed E-state index contributed by atoms with van der Waals surface area (Å²) in [5.74, 6) is 0.0155. The fourth-order valence-corrected chi connectivity index (χ4v) is 2.84. The number of aryl methyl sites for hydroxylation is 1. The topological polar surface area (TPSA) is 90.1 Å². The standard InChI is InChI=1S/C22H27F3N4O2/c1-5-31-13-11-18(30)28-20-27-14(2)17(19(26)29-20)10-12-21(3,4)15-6-8-16(9-7-15)22(23,24)25/h6-10,12H,5,11,13H2,1-4H3,(H3,26,27,28,29,30)/b12-10+. The van der Waals surface area contributed by atoms with Crippen molar-refractivity contribution in [2.24, 2.45) is 0 Å². The number of halogens is 3. The van der Waals surface area contributed by atoms with Crippen molar-refractivity contribution in [3.8, 4) is 0 Å². The summed E-state index contributed by atoms with van der Waals surface area (Å²) in [5, 5.41) is 2.59. The Hall–Kier alpha value is -2.94. The van der Waals surface area contributed by atoms with Gasteiger partial charge >= 0.3 is 6.18 Å². The molecule has 1 heterocycles. The highest BCUT2D eigenvalue weighted by atomic mass is 19.4. The van der Waals surface area contributed by atoms with Gasteiger partial charge in [0.05, 0.1) is 24.3 Å². The third-order valence-electron chi connectivity index (χ3n) is 4.72. The highest BCUT2D eigenvalue weighted by molar-refractivity contribution is 5.89. The van der Waals surface area contributed by atoms with Gasteiger partial charge in [0.1, 0.15) is 5.82 Å². The molecule has 2 rings (SSSR count). The molecule has 1 amide bonds. The van der Waals surface area contributed by atoms with Crippen LogP contribution in [0.15, 0.2) is 30.3 Å². The van der Waals surface area contributed by atoms with E-state index >= 15 is 0 Å². The van der Waals surface area contributed by atoms with E-state index in [0.717, 1.165) is 12.1 Å². The molecule has 0 saturated heterocycles. The third kappa shape index (κ3) is 6.78. The number of allylic oxidation sites excluding steroid dienone is 1. The molecule has 2 aromatic rings. The Morgan fingerprint density at radius 3 is 2.32 bits per heavy atom. The molecule has 0 radical (unpaired) electrons. The summed E-state index contributed by atoms with van der Waals surface area (Å²) < 4.78 is 43.5. The van der Waals surface area contributed by atoms with Crippen molar-refractivity contribution < 1.29 is 22.7 Å². The lowest BCUT2D eigenvalue weighted by atomic mass is 9.83. The lowest BCUT2D eigenvalue weighted by Gasteiger charge is -2.22. The van der Waals surface area contributed by atoms with E-state index in [1.165, 1.54) is 12.1 Å². The van der Waals surface area contributed by atoms with Crippen LogP contribution in [-0.4, -0.2) is 29.1 Å². The van der Waals surface area contributed by atoms with Crippen molar-refractivity contribution in [2.75, 3.05) is 24.3 Å². The fourth-order valence-electron chi connectivity index (χ4n) is 2.84.